The highest BCUT2D eigenvalue weighted by atomic mass is 79.9. The number of aromatic amines is 1. The number of hydrogen-bond acceptors (Lipinski definition) is 2. The van der Waals surface area contributed by atoms with Crippen molar-refractivity contribution in [1.29, 1.82) is 0 Å². The Bertz CT molecular complexity index is 497. The van der Waals surface area contributed by atoms with E-state index in [2.05, 4.69) is 31.4 Å². The maximum absolute atomic E-state index is 13.6. The second-order valence-corrected chi connectivity index (χ2v) is 3.47. The maximum Gasteiger partial charge on any atom is 0.212 e. The van der Waals surface area contributed by atoms with Gasteiger partial charge in [0.25, 0.3) is 0 Å². The van der Waals surface area contributed by atoms with Crippen molar-refractivity contribution < 1.29 is 9.18 Å². The molecule has 0 atom stereocenters. The molecule has 0 saturated heterocycles. The molecule has 2 rings (SSSR count). The van der Waals surface area contributed by atoms with Crippen LogP contribution in [0, 0.1) is 5.82 Å². The first-order valence-electron chi connectivity index (χ1n) is 3.76. The monoisotopic (exact) mass is 257 g/mol. The van der Waals surface area contributed by atoms with Crippen LogP contribution in [0.1, 0.15) is 0 Å². The smallest absolute Gasteiger partial charge is 0.212 e. The molecule has 1 aromatic carbocycles. The molecule has 1 aromatic heterocycles. The van der Waals surface area contributed by atoms with Gasteiger partial charge in [0.05, 0.1) is 15.4 Å². The van der Waals surface area contributed by atoms with Crippen LogP contribution >= 0.6 is 15.9 Å². The van der Waals surface area contributed by atoms with E-state index in [0.29, 0.717) is 16.4 Å². The molecule has 0 aliphatic heterocycles. The van der Waals surface area contributed by atoms with Crippen molar-refractivity contribution in [3.8, 4) is 0 Å². The Morgan fingerprint density at radius 2 is 2.36 bits per heavy atom. The first-order valence-corrected chi connectivity index (χ1v) is 4.55. The SMILES string of the molecule is O=CNc1n[nH]c2ccc(Br)c(F)c12. The summed E-state index contributed by atoms with van der Waals surface area (Å²) in [6.07, 6.45) is 0.454. The number of anilines is 1. The van der Waals surface area contributed by atoms with Gasteiger partial charge in [0.1, 0.15) is 0 Å². The Hall–Kier alpha value is -1.43. The number of carbonyl (C=O) groups excluding carboxylic acids is 1. The first-order chi connectivity index (χ1) is 6.74. The molecular formula is C8H5BrFN3O. The van der Waals surface area contributed by atoms with E-state index < -0.39 is 5.82 Å². The number of nitrogens with one attached hydrogen (secondary N) is 2. The second-order valence-electron chi connectivity index (χ2n) is 2.62. The fraction of sp³-hybridized carbons (Fsp3) is 0. The maximum atomic E-state index is 13.6. The van der Waals surface area contributed by atoms with Crippen LogP contribution < -0.4 is 5.32 Å². The number of carbonyl (C=O) groups is 1. The minimum atomic E-state index is -0.444. The lowest BCUT2D eigenvalue weighted by Crippen LogP contribution is -1.95. The lowest BCUT2D eigenvalue weighted by Gasteiger charge is -1.97. The number of halogens is 2. The molecule has 1 amide bonds. The standard InChI is InChI=1S/C8H5BrFN3O/c9-4-1-2-5-6(7(4)10)8(11-3-14)13-12-5/h1-3H,(H2,11,12,13,14). The molecular weight excluding hydrogens is 253 g/mol. The van der Waals surface area contributed by atoms with E-state index in [0.717, 1.165) is 0 Å². The number of rotatable bonds is 2. The lowest BCUT2D eigenvalue weighted by molar-refractivity contribution is -0.105. The van der Waals surface area contributed by atoms with Crippen molar-refractivity contribution in [2.75, 3.05) is 5.32 Å². The number of fused-ring (bicyclic) bond motifs is 1. The molecule has 0 aliphatic carbocycles. The quantitative estimate of drug-likeness (QED) is 0.809. The molecule has 0 aliphatic rings. The van der Waals surface area contributed by atoms with Crippen LogP contribution in [0.5, 0.6) is 0 Å². The average molecular weight is 258 g/mol. The van der Waals surface area contributed by atoms with Gasteiger partial charge in [-0.3, -0.25) is 9.89 Å². The highest BCUT2D eigenvalue weighted by Crippen LogP contribution is 2.28. The zero-order valence-corrected chi connectivity index (χ0v) is 8.43. The van der Waals surface area contributed by atoms with Crippen molar-refractivity contribution in [3.05, 3.63) is 22.4 Å². The third-order valence-electron chi connectivity index (χ3n) is 1.82. The number of nitrogens with zero attached hydrogens (tertiary/aromatic N) is 1. The van der Waals surface area contributed by atoms with Crippen molar-refractivity contribution >= 4 is 39.1 Å². The van der Waals surface area contributed by atoms with E-state index in [9.17, 15) is 9.18 Å². The Morgan fingerprint density at radius 3 is 3.07 bits per heavy atom. The molecule has 2 aromatic rings. The van der Waals surface area contributed by atoms with Crippen LogP contribution in [-0.4, -0.2) is 16.6 Å². The molecule has 14 heavy (non-hydrogen) atoms. The van der Waals surface area contributed by atoms with Crippen LogP contribution in [0.3, 0.4) is 0 Å². The van der Waals surface area contributed by atoms with Crippen LogP contribution in [0.2, 0.25) is 0 Å². The van der Waals surface area contributed by atoms with E-state index >= 15 is 0 Å². The van der Waals surface area contributed by atoms with Gasteiger partial charge in [0, 0.05) is 0 Å². The van der Waals surface area contributed by atoms with Crippen LogP contribution in [-0.2, 0) is 4.79 Å². The van der Waals surface area contributed by atoms with E-state index in [4.69, 9.17) is 0 Å². The van der Waals surface area contributed by atoms with Gasteiger partial charge in [0.15, 0.2) is 11.6 Å². The van der Waals surface area contributed by atoms with Gasteiger partial charge in [0.2, 0.25) is 6.41 Å². The third-order valence-corrected chi connectivity index (χ3v) is 2.43. The van der Waals surface area contributed by atoms with Gasteiger partial charge in [-0.15, -0.1) is 0 Å². The molecule has 6 heteroatoms. The summed E-state index contributed by atoms with van der Waals surface area (Å²) in [5.41, 5.74) is 0.537. The van der Waals surface area contributed by atoms with Crippen molar-refractivity contribution in [2.45, 2.75) is 0 Å². The summed E-state index contributed by atoms with van der Waals surface area (Å²) in [7, 11) is 0. The molecule has 0 fully saturated rings. The number of aromatic nitrogens is 2. The molecule has 0 saturated carbocycles. The molecule has 4 nitrogen and oxygen atoms in total. The van der Waals surface area contributed by atoms with Crippen molar-refractivity contribution in [1.82, 2.24) is 10.2 Å². The van der Waals surface area contributed by atoms with E-state index in [1.165, 1.54) is 0 Å². The Kier molecular flexibility index (Phi) is 2.20. The summed E-state index contributed by atoms with van der Waals surface area (Å²) in [6, 6.07) is 3.24. The normalized spacial score (nSPS) is 10.4. The van der Waals surface area contributed by atoms with Crippen LogP contribution in [0.4, 0.5) is 10.2 Å². The summed E-state index contributed by atoms with van der Waals surface area (Å²) < 4.78 is 13.9. The van der Waals surface area contributed by atoms with Gasteiger partial charge in [-0.25, -0.2) is 4.39 Å². The Labute approximate surface area is 86.6 Å². The van der Waals surface area contributed by atoms with Gasteiger partial charge in [-0.05, 0) is 28.1 Å². The fourth-order valence-electron chi connectivity index (χ4n) is 1.21. The number of benzene rings is 1. The molecule has 2 N–H and O–H groups in total. The average Bonchev–Trinajstić information content (AvgIpc) is 2.57. The minimum absolute atomic E-state index is 0.189. The summed E-state index contributed by atoms with van der Waals surface area (Å²) in [5, 5.41) is 8.95. The van der Waals surface area contributed by atoms with Crippen molar-refractivity contribution in [3.63, 3.8) is 0 Å². The zero-order valence-electron chi connectivity index (χ0n) is 6.84. The Balaban J connectivity index is 2.75. The minimum Gasteiger partial charge on any atom is -0.311 e. The predicted octanol–water partition coefficient (Wildman–Crippen LogP) is 2.03. The molecule has 72 valence electrons. The van der Waals surface area contributed by atoms with E-state index in [-0.39, 0.29) is 11.2 Å². The van der Waals surface area contributed by atoms with Gasteiger partial charge < -0.3 is 5.32 Å². The van der Waals surface area contributed by atoms with Gasteiger partial charge >= 0.3 is 0 Å². The van der Waals surface area contributed by atoms with E-state index in [1.54, 1.807) is 12.1 Å². The summed E-state index contributed by atoms with van der Waals surface area (Å²) in [6.45, 7) is 0. The number of amides is 1. The topological polar surface area (TPSA) is 57.8 Å². The van der Waals surface area contributed by atoms with Crippen LogP contribution in [0.15, 0.2) is 16.6 Å². The number of hydrogen-bond donors (Lipinski definition) is 2. The molecule has 0 bridgehead atoms. The second kappa shape index (κ2) is 3.38. The molecule has 0 unspecified atom stereocenters. The first kappa shape index (κ1) is 9.14. The highest BCUT2D eigenvalue weighted by Gasteiger charge is 2.12. The number of H-pyrrole nitrogens is 1. The molecule has 1 heterocycles. The van der Waals surface area contributed by atoms with E-state index in [1.807, 2.05) is 0 Å². The van der Waals surface area contributed by atoms with Gasteiger partial charge in [-0.1, -0.05) is 0 Å². The van der Waals surface area contributed by atoms with Crippen LogP contribution in [0.25, 0.3) is 10.9 Å². The lowest BCUT2D eigenvalue weighted by atomic mass is 10.2. The summed E-state index contributed by atoms with van der Waals surface area (Å²) >= 11 is 3.05. The zero-order chi connectivity index (χ0) is 10.1. The molecule has 0 radical (unpaired) electrons. The van der Waals surface area contributed by atoms with Crippen molar-refractivity contribution in [2.24, 2.45) is 0 Å². The third kappa shape index (κ3) is 1.27. The summed E-state index contributed by atoms with van der Waals surface area (Å²) in [4.78, 5) is 10.2. The largest absolute Gasteiger partial charge is 0.311 e. The predicted molar refractivity (Wildman–Crippen MR) is 53.4 cm³/mol. The fourth-order valence-corrected chi connectivity index (χ4v) is 1.54. The highest BCUT2D eigenvalue weighted by molar-refractivity contribution is 9.10. The van der Waals surface area contributed by atoms with Gasteiger partial charge in [-0.2, -0.15) is 5.10 Å². The Morgan fingerprint density at radius 1 is 1.57 bits per heavy atom. The molecule has 0 spiro atoms. The summed E-state index contributed by atoms with van der Waals surface area (Å²) in [5.74, 6) is -0.255.